The number of carboxylic acid groups (broad SMARTS) is 1. The first-order valence-corrected chi connectivity index (χ1v) is 7.84. The Morgan fingerprint density at radius 2 is 2.16 bits per heavy atom. The van der Waals surface area contributed by atoms with Crippen LogP contribution in [0.25, 0.3) is 10.9 Å². The van der Waals surface area contributed by atoms with Gasteiger partial charge in [-0.1, -0.05) is 11.6 Å². The smallest absolute Gasteiger partial charge is 0.339 e. The lowest BCUT2D eigenvalue weighted by Gasteiger charge is -2.12. The third kappa shape index (κ3) is 3.18. The van der Waals surface area contributed by atoms with Crippen LogP contribution in [0.5, 0.6) is 0 Å². The molecular formula is C17H15ClN4O3. The highest BCUT2D eigenvalue weighted by atomic mass is 35.5. The molecule has 25 heavy (non-hydrogen) atoms. The summed E-state index contributed by atoms with van der Waals surface area (Å²) in [5, 5.41) is 13.0. The Kier molecular flexibility index (Phi) is 4.41. The van der Waals surface area contributed by atoms with E-state index in [0.29, 0.717) is 27.3 Å². The molecule has 0 aliphatic carbocycles. The molecule has 2 aromatic heterocycles. The molecule has 3 rings (SSSR count). The van der Waals surface area contributed by atoms with Crippen LogP contribution >= 0.6 is 11.6 Å². The fourth-order valence-electron chi connectivity index (χ4n) is 2.55. The third-order valence-electron chi connectivity index (χ3n) is 3.93. The van der Waals surface area contributed by atoms with Gasteiger partial charge in [0.15, 0.2) is 0 Å². The number of halogens is 1. The Morgan fingerprint density at radius 1 is 1.40 bits per heavy atom. The van der Waals surface area contributed by atoms with Crippen LogP contribution < -0.4 is 10.9 Å². The number of hydrogen-bond donors (Lipinski definition) is 2. The van der Waals surface area contributed by atoms with Gasteiger partial charge in [0.1, 0.15) is 17.2 Å². The van der Waals surface area contributed by atoms with Crippen molar-refractivity contribution in [2.45, 2.75) is 13.5 Å². The van der Waals surface area contributed by atoms with Crippen LogP contribution in [0.3, 0.4) is 0 Å². The lowest BCUT2D eigenvalue weighted by Crippen LogP contribution is -2.21. The van der Waals surface area contributed by atoms with Gasteiger partial charge in [-0.15, -0.1) is 0 Å². The largest absolute Gasteiger partial charge is 0.478 e. The van der Waals surface area contributed by atoms with Gasteiger partial charge >= 0.3 is 5.97 Å². The van der Waals surface area contributed by atoms with E-state index in [1.165, 1.54) is 16.8 Å². The highest BCUT2D eigenvalue weighted by Crippen LogP contribution is 2.22. The van der Waals surface area contributed by atoms with Crippen molar-refractivity contribution >= 4 is 34.3 Å². The number of carboxylic acids is 1. The second-order valence-electron chi connectivity index (χ2n) is 5.54. The summed E-state index contributed by atoms with van der Waals surface area (Å²) in [4.78, 5) is 32.2. The van der Waals surface area contributed by atoms with Gasteiger partial charge in [-0.2, -0.15) is 0 Å². The van der Waals surface area contributed by atoms with E-state index in [4.69, 9.17) is 11.6 Å². The predicted octanol–water partition coefficient (Wildman–Crippen LogP) is 2.60. The molecule has 2 N–H and O–H groups in total. The predicted molar refractivity (Wildman–Crippen MR) is 95.3 cm³/mol. The molecule has 7 nitrogen and oxygen atoms in total. The van der Waals surface area contributed by atoms with Gasteiger partial charge in [-0.05, 0) is 36.8 Å². The molecule has 2 heterocycles. The SMILES string of the molecule is Cc1nc2c(CNc3ncccc3C(=O)O)cc(Cl)cc2c(=O)n1C. The maximum atomic E-state index is 12.4. The van der Waals surface area contributed by atoms with Gasteiger partial charge < -0.3 is 10.4 Å². The average molecular weight is 359 g/mol. The second kappa shape index (κ2) is 6.52. The molecule has 0 saturated heterocycles. The average Bonchev–Trinajstić information content (AvgIpc) is 2.59. The van der Waals surface area contributed by atoms with Crippen molar-refractivity contribution in [3.8, 4) is 0 Å². The van der Waals surface area contributed by atoms with Crippen molar-refractivity contribution in [2.24, 2.45) is 7.05 Å². The molecule has 0 aliphatic heterocycles. The summed E-state index contributed by atoms with van der Waals surface area (Å²) in [5.74, 6) is -0.261. The van der Waals surface area contributed by atoms with Crippen LogP contribution in [0.4, 0.5) is 5.82 Å². The highest BCUT2D eigenvalue weighted by molar-refractivity contribution is 6.31. The van der Waals surface area contributed by atoms with Crippen LogP contribution in [0, 0.1) is 6.92 Å². The number of aromatic nitrogens is 3. The summed E-state index contributed by atoms with van der Waals surface area (Å²) in [6, 6.07) is 6.30. The van der Waals surface area contributed by atoms with Gasteiger partial charge in [0.25, 0.3) is 5.56 Å². The summed E-state index contributed by atoms with van der Waals surface area (Å²) >= 11 is 6.14. The molecule has 0 radical (unpaired) electrons. The number of rotatable bonds is 4. The Morgan fingerprint density at radius 3 is 2.88 bits per heavy atom. The van der Waals surface area contributed by atoms with E-state index in [9.17, 15) is 14.7 Å². The summed E-state index contributed by atoms with van der Waals surface area (Å²) < 4.78 is 1.46. The molecule has 128 valence electrons. The van der Waals surface area contributed by atoms with Crippen molar-refractivity contribution in [3.63, 3.8) is 0 Å². The van der Waals surface area contributed by atoms with E-state index in [2.05, 4.69) is 15.3 Å². The van der Waals surface area contributed by atoms with Gasteiger partial charge in [-0.3, -0.25) is 9.36 Å². The number of hydrogen-bond acceptors (Lipinski definition) is 5. The minimum atomic E-state index is -1.07. The quantitative estimate of drug-likeness (QED) is 0.744. The molecule has 0 saturated carbocycles. The van der Waals surface area contributed by atoms with Crippen LogP contribution in [-0.2, 0) is 13.6 Å². The molecule has 1 aromatic carbocycles. The van der Waals surface area contributed by atoms with Crippen LogP contribution in [0.1, 0.15) is 21.7 Å². The molecule has 8 heteroatoms. The number of pyridine rings is 1. The van der Waals surface area contributed by atoms with Crippen molar-refractivity contribution in [1.29, 1.82) is 0 Å². The number of anilines is 1. The Hall–Kier alpha value is -2.93. The molecule has 0 aliphatic rings. The molecule has 0 spiro atoms. The molecule has 0 unspecified atom stereocenters. The number of aromatic carboxylic acids is 1. The fourth-order valence-corrected chi connectivity index (χ4v) is 2.79. The zero-order valence-electron chi connectivity index (χ0n) is 13.6. The number of nitrogens with one attached hydrogen (secondary N) is 1. The van der Waals surface area contributed by atoms with Crippen molar-refractivity contribution in [2.75, 3.05) is 5.32 Å². The van der Waals surface area contributed by atoms with E-state index in [0.717, 1.165) is 0 Å². The molecular weight excluding hydrogens is 344 g/mol. The number of nitrogens with zero attached hydrogens (tertiary/aromatic N) is 3. The van der Waals surface area contributed by atoms with Gasteiger partial charge in [-0.25, -0.2) is 14.8 Å². The fraction of sp³-hybridized carbons (Fsp3) is 0.176. The lowest BCUT2D eigenvalue weighted by atomic mass is 10.1. The number of fused-ring (bicyclic) bond motifs is 1. The summed E-state index contributed by atoms with van der Waals surface area (Å²) in [6.45, 7) is 1.97. The number of aryl methyl sites for hydroxylation is 1. The first-order valence-electron chi connectivity index (χ1n) is 7.46. The Bertz CT molecular complexity index is 1050. The molecule has 0 atom stereocenters. The minimum absolute atomic E-state index is 0.0638. The van der Waals surface area contributed by atoms with Crippen molar-refractivity contribution in [3.05, 3.63) is 62.8 Å². The molecule has 0 amide bonds. The van der Waals surface area contributed by atoms with E-state index in [1.54, 1.807) is 32.2 Å². The monoisotopic (exact) mass is 358 g/mol. The zero-order valence-corrected chi connectivity index (χ0v) is 14.3. The Labute approximate surface area is 147 Å². The normalized spacial score (nSPS) is 10.8. The standard InChI is InChI=1S/C17H15ClN4O3/c1-9-21-14-10(6-11(18)7-13(14)16(23)22(9)2)8-20-15-12(17(24)25)4-3-5-19-15/h3-7H,8H2,1-2H3,(H,19,20)(H,24,25). The summed E-state index contributed by atoms with van der Waals surface area (Å²) in [5.41, 5.74) is 1.10. The van der Waals surface area contributed by atoms with E-state index in [1.807, 2.05) is 0 Å². The van der Waals surface area contributed by atoms with Crippen molar-refractivity contribution in [1.82, 2.24) is 14.5 Å². The summed E-state index contributed by atoms with van der Waals surface area (Å²) in [7, 11) is 1.65. The third-order valence-corrected chi connectivity index (χ3v) is 4.15. The molecule has 3 aromatic rings. The maximum Gasteiger partial charge on any atom is 0.339 e. The number of carbonyl (C=O) groups is 1. The first-order chi connectivity index (χ1) is 11.9. The topological polar surface area (TPSA) is 97.1 Å². The molecule has 0 bridgehead atoms. The highest BCUT2D eigenvalue weighted by Gasteiger charge is 2.14. The molecule has 0 fully saturated rings. The van der Waals surface area contributed by atoms with Gasteiger partial charge in [0.2, 0.25) is 0 Å². The van der Waals surface area contributed by atoms with Crippen molar-refractivity contribution < 1.29 is 9.90 Å². The lowest BCUT2D eigenvalue weighted by molar-refractivity contribution is 0.0697. The first kappa shape index (κ1) is 16.9. The second-order valence-corrected chi connectivity index (χ2v) is 5.98. The van der Waals surface area contributed by atoms with E-state index >= 15 is 0 Å². The number of benzene rings is 1. The zero-order chi connectivity index (χ0) is 18.1. The minimum Gasteiger partial charge on any atom is -0.478 e. The summed E-state index contributed by atoms with van der Waals surface area (Å²) in [6.07, 6.45) is 1.50. The van der Waals surface area contributed by atoms with Crippen LogP contribution in [-0.4, -0.2) is 25.6 Å². The van der Waals surface area contributed by atoms with Crippen LogP contribution in [0.2, 0.25) is 5.02 Å². The maximum absolute atomic E-state index is 12.4. The van der Waals surface area contributed by atoms with Gasteiger partial charge in [0.05, 0.1) is 10.9 Å². The van der Waals surface area contributed by atoms with Gasteiger partial charge in [0, 0.05) is 24.8 Å². The van der Waals surface area contributed by atoms with E-state index in [-0.39, 0.29) is 23.5 Å². The van der Waals surface area contributed by atoms with E-state index < -0.39 is 5.97 Å². The Balaban J connectivity index is 2.06. The van der Waals surface area contributed by atoms with Crippen LogP contribution in [0.15, 0.2) is 35.3 Å².